The fourth-order valence-electron chi connectivity index (χ4n) is 0.971. The molecule has 0 fully saturated rings. The molecule has 0 aliphatic carbocycles. The highest BCUT2D eigenvalue weighted by Crippen LogP contribution is 2.17. The van der Waals surface area contributed by atoms with E-state index in [1.54, 1.807) is 24.5 Å². The number of aromatic nitrogens is 2. The third-order valence-corrected chi connectivity index (χ3v) is 1.91. The summed E-state index contributed by atoms with van der Waals surface area (Å²) in [7, 11) is 0. The van der Waals surface area contributed by atoms with Crippen molar-refractivity contribution in [3.63, 3.8) is 0 Å². The van der Waals surface area contributed by atoms with Crippen molar-refractivity contribution in [1.29, 1.82) is 0 Å². The van der Waals surface area contributed by atoms with E-state index in [0.29, 0.717) is 10.2 Å². The SMILES string of the molecule is Clc1cnc2cc(Cl)ncc2c1. The van der Waals surface area contributed by atoms with Gasteiger partial charge in [-0.3, -0.25) is 4.98 Å². The molecule has 0 spiro atoms. The van der Waals surface area contributed by atoms with Crippen molar-refractivity contribution >= 4 is 34.1 Å². The summed E-state index contributed by atoms with van der Waals surface area (Å²) in [5, 5.41) is 1.94. The number of hydrogen-bond donors (Lipinski definition) is 0. The molecule has 0 aliphatic heterocycles. The largest absolute Gasteiger partial charge is 0.255 e. The summed E-state index contributed by atoms with van der Waals surface area (Å²) in [6.07, 6.45) is 3.23. The molecule has 0 radical (unpaired) electrons. The van der Waals surface area contributed by atoms with Crippen LogP contribution >= 0.6 is 23.2 Å². The molecule has 0 saturated heterocycles. The van der Waals surface area contributed by atoms with Crippen LogP contribution in [0.4, 0.5) is 0 Å². The van der Waals surface area contributed by atoms with Crippen LogP contribution in [0.5, 0.6) is 0 Å². The molecule has 2 nitrogen and oxygen atoms in total. The summed E-state index contributed by atoms with van der Waals surface area (Å²) in [6.45, 7) is 0. The van der Waals surface area contributed by atoms with Gasteiger partial charge in [-0.25, -0.2) is 4.98 Å². The predicted octanol–water partition coefficient (Wildman–Crippen LogP) is 2.94. The molecule has 2 heterocycles. The molecule has 60 valence electrons. The molecule has 0 aliphatic rings. The lowest BCUT2D eigenvalue weighted by Gasteiger charge is -1.96. The van der Waals surface area contributed by atoms with E-state index in [4.69, 9.17) is 23.2 Å². The summed E-state index contributed by atoms with van der Waals surface area (Å²) < 4.78 is 0. The van der Waals surface area contributed by atoms with Crippen LogP contribution in [0.25, 0.3) is 10.9 Å². The highest BCUT2D eigenvalue weighted by molar-refractivity contribution is 6.31. The highest BCUT2D eigenvalue weighted by Gasteiger charge is 1.97. The number of pyridine rings is 2. The molecule has 12 heavy (non-hydrogen) atoms. The first-order valence-corrected chi connectivity index (χ1v) is 4.08. The van der Waals surface area contributed by atoms with E-state index < -0.39 is 0 Å². The smallest absolute Gasteiger partial charge is 0.131 e. The van der Waals surface area contributed by atoms with Crippen LogP contribution in [0, 0.1) is 0 Å². The Kier molecular flexibility index (Phi) is 1.87. The first kappa shape index (κ1) is 7.77. The number of halogens is 2. The lowest BCUT2D eigenvalue weighted by molar-refractivity contribution is 1.32. The number of hydrogen-bond acceptors (Lipinski definition) is 2. The van der Waals surface area contributed by atoms with Crippen molar-refractivity contribution in [2.45, 2.75) is 0 Å². The summed E-state index contributed by atoms with van der Waals surface area (Å²) in [5.74, 6) is 0. The van der Waals surface area contributed by atoms with Gasteiger partial charge in [0.05, 0.1) is 10.5 Å². The van der Waals surface area contributed by atoms with Gasteiger partial charge >= 0.3 is 0 Å². The molecule has 0 atom stereocenters. The van der Waals surface area contributed by atoms with Gasteiger partial charge in [-0.2, -0.15) is 0 Å². The van der Waals surface area contributed by atoms with E-state index in [-0.39, 0.29) is 0 Å². The second-order valence-electron chi connectivity index (χ2n) is 2.35. The zero-order valence-electron chi connectivity index (χ0n) is 5.96. The minimum Gasteiger partial charge on any atom is -0.255 e. The molecular weight excluding hydrogens is 195 g/mol. The Bertz CT molecular complexity index is 387. The Balaban J connectivity index is 2.79. The van der Waals surface area contributed by atoms with E-state index in [2.05, 4.69) is 9.97 Å². The fourth-order valence-corrected chi connectivity index (χ4v) is 1.29. The summed E-state index contributed by atoms with van der Waals surface area (Å²) in [5.41, 5.74) is 0.805. The average Bonchev–Trinajstić information content (AvgIpc) is 2.05. The molecular formula is C8H4Cl2N2. The van der Waals surface area contributed by atoms with Crippen molar-refractivity contribution in [2.75, 3.05) is 0 Å². The maximum Gasteiger partial charge on any atom is 0.131 e. The van der Waals surface area contributed by atoms with E-state index >= 15 is 0 Å². The van der Waals surface area contributed by atoms with Crippen molar-refractivity contribution in [1.82, 2.24) is 9.97 Å². The molecule has 0 saturated carbocycles. The van der Waals surface area contributed by atoms with Gasteiger partial charge in [-0.05, 0) is 6.07 Å². The topological polar surface area (TPSA) is 25.8 Å². The van der Waals surface area contributed by atoms with Gasteiger partial charge in [-0.15, -0.1) is 0 Å². The van der Waals surface area contributed by atoms with Gasteiger partial charge in [0.2, 0.25) is 0 Å². The third-order valence-electron chi connectivity index (χ3n) is 1.50. The summed E-state index contributed by atoms with van der Waals surface area (Å²) >= 11 is 11.4. The normalized spacial score (nSPS) is 10.5. The Labute approximate surface area is 79.2 Å². The Morgan fingerprint density at radius 2 is 1.83 bits per heavy atom. The third kappa shape index (κ3) is 1.36. The van der Waals surface area contributed by atoms with Crippen LogP contribution in [-0.2, 0) is 0 Å². The molecule has 0 aromatic carbocycles. The van der Waals surface area contributed by atoms with Crippen LogP contribution in [-0.4, -0.2) is 9.97 Å². The van der Waals surface area contributed by atoms with Crippen LogP contribution in [0.15, 0.2) is 24.5 Å². The van der Waals surface area contributed by atoms with E-state index in [1.807, 2.05) is 0 Å². The first-order valence-electron chi connectivity index (χ1n) is 3.32. The molecule has 4 heteroatoms. The number of nitrogens with zero attached hydrogens (tertiary/aromatic N) is 2. The minimum atomic E-state index is 0.442. The van der Waals surface area contributed by atoms with Gasteiger partial charge in [0.25, 0.3) is 0 Å². The van der Waals surface area contributed by atoms with Gasteiger partial charge in [-0.1, -0.05) is 23.2 Å². The van der Waals surface area contributed by atoms with E-state index in [1.165, 1.54) is 0 Å². The Hall–Kier alpha value is -0.860. The standard InChI is InChI=1S/C8H4Cl2N2/c9-6-1-5-3-12-8(10)2-7(5)11-4-6/h1-4H. The van der Waals surface area contributed by atoms with Crippen molar-refractivity contribution in [3.05, 3.63) is 34.7 Å². The van der Waals surface area contributed by atoms with Crippen LogP contribution in [0.2, 0.25) is 10.2 Å². The maximum absolute atomic E-state index is 5.74. The Morgan fingerprint density at radius 3 is 2.67 bits per heavy atom. The van der Waals surface area contributed by atoms with Crippen LogP contribution < -0.4 is 0 Å². The van der Waals surface area contributed by atoms with Crippen molar-refractivity contribution in [3.8, 4) is 0 Å². The van der Waals surface area contributed by atoms with Gasteiger partial charge < -0.3 is 0 Å². The number of fused-ring (bicyclic) bond motifs is 1. The monoisotopic (exact) mass is 198 g/mol. The maximum atomic E-state index is 5.74. The molecule has 2 aromatic heterocycles. The van der Waals surface area contributed by atoms with Gasteiger partial charge in [0, 0.05) is 23.8 Å². The number of rotatable bonds is 0. The second-order valence-corrected chi connectivity index (χ2v) is 3.18. The quantitative estimate of drug-likeness (QED) is 0.609. The molecule has 0 bridgehead atoms. The Morgan fingerprint density at radius 1 is 1.00 bits per heavy atom. The molecule has 0 amide bonds. The summed E-state index contributed by atoms with van der Waals surface area (Å²) in [4.78, 5) is 8.00. The van der Waals surface area contributed by atoms with Crippen LogP contribution in [0.1, 0.15) is 0 Å². The summed E-state index contributed by atoms with van der Waals surface area (Å²) in [6, 6.07) is 3.50. The molecule has 2 rings (SSSR count). The lowest BCUT2D eigenvalue weighted by atomic mass is 10.3. The fraction of sp³-hybridized carbons (Fsp3) is 0. The average molecular weight is 199 g/mol. The van der Waals surface area contributed by atoms with Gasteiger partial charge in [0.15, 0.2) is 0 Å². The molecule has 0 N–H and O–H groups in total. The van der Waals surface area contributed by atoms with Gasteiger partial charge in [0.1, 0.15) is 5.15 Å². The lowest BCUT2D eigenvalue weighted by Crippen LogP contribution is -1.80. The zero-order valence-corrected chi connectivity index (χ0v) is 7.47. The second kappa shape index (κ2) is 2.88. The van der Waals surface area contributed by atoms with E-state index in [0.717, 1.165) is 10.9 Å². The van der Waals surface area contributed by atoms with E-state index in [9.17, 15) is 0 Å². The first-order chi connectivity index (χ1) is 5.75. The van der Waals surface area contributed by atoms with Crippen molar-refractivity contribution in [2.24, 2.45) is 0 Å². The van der Waals surface area contributed by atoms with Crippen molar-refractivity contribution < 1.29 is 0 Å². The molecule has 0 unspecified atom stereocenters. The highest BCUT2D eigenvalue weighted by atomic mass is 35.5. The molecule has 2 aromatic rings. The zero-order chi connectivity index (χ0) is 8.55. The van der Waals surface area contributed by atoms with Crippen LogP contribution in [0.3, 0.4) is 0 Å². The predicted molar refractivity (Wildman–Crippen MR) is 49.6 cm³/mol. The minimum absolute atomic E-state index is 0.442.